The highest BCUT2D eigenvalue weighted by Gasteiger charge is 2.19. The second-order valence-corrected chi connectivity index (χ2v) is 5.31. The molecule has 0 aliphatic heterocycles. The van der Waals surface area contributed by atoms with E-state index in [0.29, 0.717) is 11.3 Å². The van der Waals surface area contributed by atoms with Gasteiger partial charge in [-0.2, -0.15) is 0 Å². The highest BCUT2D eigenvalue weighted by molar-refractivity contribution is 5.74. The Morgan fingerprint density at radius 2 is 1.95 bits per heavy atom. The second kappa shape index (κ2) is 5.49. The molecule has 4 nitrogen and oxygen atoms in total. The Morgan fingerprint density at radius 1 is 1.25 bits per heavy atom. The van der Waals surface area contributed by atoms with Crippen LogP contribution in [0.3, 0.4) is 0 Å². The Hall–Kier alpha value is -2.10. The fourth-order valence-electron chi connectivity index (χ4n) is 2.54. The lowest BCUT2D eigenvalue weighted by Crippen LogP contribution is -2.16. The molecule has 2 aromatic rings. The van der Waals surface area contributed by atoms with E-state index in [2.05, 4.69) is 16.0 Å². The van der Waals surface area contributed by atoms with E-state index in [1.165, 1.54) is 6.33 Å². The largest absolute Gasteiger partial charge is 0.496 e. The molecule has 0 saturated heterocycles. The van der Waals surface area contributed by atoms with Gasteiger partial charge in [0.2, 0.25) is 0 Å². The van der Waals surface area contributed by atoms with Crippen molar-refractivity contribution in [3.63, 3.8) is 0 Å². The van der Waals surface area contributed by atoms with Crippen molar-refractivity contribution < 1.29 is 4.74 Å². The monoisotopic (exact) mass is 272 g/mol. The zero-order chi connectivity index (χ0) is 14.9. The molecule has 1 heterocycles. The average molecular weight is 272 g/mol. The van der Waals surface area contributed by atoms with Crippen LogP contribution in [0.1, 0.15) is 36.5 Å². The minimum Gasteiger partial charge on any atom is -0.496 e. The number of methoxy groups -OCH3 is 1. The van der Waals surface area contributed by atoms with Gasteiger partial charge >= 0.3 is 0 Å². The predicted octanol–water partition coefficient (Wildman–Crippen LogP) is 3.19. The van der Waals surface area contributed by atoms with Crippen molar-refractivity contribution in [1.29, 1.82) is 0 Å². The van der Waals surface area contributed by atoms with Gasteiger partial charge in [0, 0.05) is 11.1 Å². The van der Waals surface area contributed by atoms with Crippen LogP contribution in [-0.2, 0) is 0 Å². The highest BCUT2D eigenvalue weighted by Crippen LogP contribution is 2.35. The van der Waals surface area contributed by atoms with E-state index in [1.807, 2.05) is 33.8 Å². The normalized spacial score (nSPS) is 10.9. The van der Waals surface area contributed by atoms with Crippen molar-refractivity contribution in [2.75, 3.05) is 7.11 Å². The fraction of sp³-hybridized carbons (Fsp3) is 0.375. The summed E-state index contributed by atoms with van der Waals surface area (Å²) >= 11 is 0. The van der Waals surface area contributed by atoms with Crippen molar-refractivity contribution in [2.24, 2.45) is 0 Å². The van der Waals surface area contributed by atoms with Crippen LogP contribution in [0.4, 0.5) is 0 Å². The number of aromatic nitrogens is 2. The molecule has 0 aliphatic carbocycles. The molecule has 1 N–H and O–H groups in total. The van der Waals surface area contributed by atoms with Crippen LogP contribution >= 0.6 is 0 Å². The number of ether oxygens (including phenoxy) is 1. The molecule has 0 atom stereocenters. The molecule has 0 fully saturated rings. The number of hydrogen-bond acceptors (Lipinski definition) is 3. The SMILES string of the molecule is COc1cc(C)cc(C)c1-c1nc[nH]c(=O)c1C(C)C. The average Bonchev–Trinajstić information content (AvgIpc) is 2.36. The van der Waals surface area contributed by atoms with Crippen molar-refractivity contribution in [3.05, 3.63) is 45.5 Å². The summed E-state index contributed by atoms with van der Waals surface area (Å²) in [5.41, 5.74) is 4.39. The first-order valence-corrected chi connectivity index (χ1v) is 6.69. The molecule has 1 aromatic carbocycles. The molecule has 0 bridgehead atoms. The van der Waals surface area contributed by atoms with Gasteiger partial charge in [-0.05, 0) is 37.0 Å². The third-order valence-corrected chi connectivity index (χ3v) is 3.37. The topological polar surface area (TPSA) is 55.0 Å². The van der Waals surface area contributed by atoms with Gasteiger partial charge in [0.1, 0.15) is 5.75 Å². The maximum Gasteiger partial charge on any atom is 0.254 e. The van der Waals surface area contributed by atoms with Crippen molar-refractivity contribution in [1.82, 2.24) is 9.97 Å². The predicted molar refractivity (Wildman–Crippen MR) is 80.4 cm³/mol. The van der Waals surface area contributed by atoms with Crippen LogP contribution in [-0.4, -0.2) is 17.1 Å². The van der Waals surface area contributed by atoms with Crippen LogP contribution in [0.2, 0.25) is 0 Å². The quantitative estimate of drug-likeness (QED) is 0.933. The molecule has 0 amide bonds. The van der Waals surface area contributed by atoms with Gasteiger partial charge in [-0.15, -0.1) is 0 Å². The number of hydrogen-bond donors (Lipinski definition) is 1. The summed E-state index contributed by atoms with van der Waals surface area (Å²) in [6, 6.07) is 4.04. The first-order valence-electron chi connectivity index (χ1n) is 6.69. The van der Waals surface area contributed by atoms with Gasteiger partial charge in [-0.1, -0.05) is 19.9 Å². The van der Waals surface area contributed by atoms with E-state index in [9.17, 15) is 4.79 Å². The maximum absolute atomic E-state index is 12.1. The Bertz CT molecular complexity index is 687. The van der Waals surface area contributed by atoms with Gasteiger partial charge in [-0.3, -0.25) is 4.79 Å². The molecule has 106 valence electrons. The van der Waals surface area contributed by atoms with Gasteiger partial charge in [-0.25, -0.2) is 4.98 Å². The third-order valence-electron chi connectivity index (χ3n) is 3.37. The van der Waals surface area contributed by atoms with E-state index in [-0.39, 0.29) is 11.5 Å². The van der Waals surface area contributed by atoms with E-state index in [0.717, 1.165) is 22.4 Å². The van der Waals surface area contributed by atoms with Gasteiger partial charge in [0.15, 0.2) is 0 Å². The number of benzene rings is 1. The molecule has 0 radical (unpaired) electrons. The Kier molecular flexibility index (Phi) is 3.93. The second-order valence-electron chi connectivity index (χ2n) is 5.31. The summed E-state index contributed by atoms with van der Waals surface area (Å²) in [5.74, 6) is 0.843. The Labute approximate surface area is 118 Å². The molecule has 2 rings (SSSR count). The summed E-state index contributed by atoms with van der Waals surface area (Å²) in [6.07, 6.45) is 1.45. The van der Waals surface area contributed by atoms with E-state index >= 15 is 0 Å². The number of nitrogens with one attached hydrogen (secondary N) is 1. The lowest BCUT2D eigenvalue weighted by Gasteiger charge is -2.16. The molecule has 1 aromatic heterocycles. The highest BCUT2D eigenvalue weighted by atomic mass is 16.5. The summed E-state index contributed by atoms with van der Waals surface area (Å²) in [6.45, 7) is 8.02. The summed E-state index contributed by atoms with van der Waals surface area (Å²) in [4.78, 5) is 19.1. The van der Waals surface area contributed by atoms with Crippen LogP contribution in [0.5, 0.6) is 5.75 Å². The van der Waals surface area contributed by atoms with Crippen LogP contribution in [0.25, 0.3) is 11.3 Å². The standard InChI is InChI=1S/C16H20N2O2/c1-9(2)13-15(17-8-18-16(13)19)14-11(4)6-10(3)7-12(14)20-5/h6-9H,1-5H3,(H,17,18,19). The first-order chi connectivity index (χ1) is 9.45. The lowest BCUT2D eigenvalue weighted by molar-refractivity contribution is 0.415. The summed E-state index contributed by atoms with van der Waals surface area (Å²) in [5, 5.41) is 0. The molecule has 0 aliphatic rings. The minimum atomic E-state index is -0.0907. The number of aryl methyl sites for hydroxylation is 2. The lowest BCUT2D eigenvalue weighted by atomic mass is 9.94. The van der Waals surface area contributed by atoms with E-state index in [1.54, 1.807) is 7.11 Å². The van der Waals surface area contributed by atoms with Gasteiger partial charge < -0.3 is 9.72 Å². The first kappa shape index (κ1) is 14.3. The Morgan fingerprint density at radius 3 is 2.55 bits per heavy atom. The number of nitrogens with zero attached hydrogens (tertiary/aromatic N) is 1. The summed E-state index contributed by atoms with van der Waals surface area (Å²) in [7, 11) is 1.64. The maximum atomic E-state index is 12.1. The minimum absolute atomic E-state index is 0.0906. The third kappa shape index (κ3) is 2.46. The summed E-state index contributed by atoms with van der Waals surface area (Å²) < 4.78 is 5.48. The van der Waals surface area contributed by atoms with Crippen LogP contribution in [0.15, 0.2) is 23.3 Å². The van der Waals surface area contributed by atoms with Crippen LogP contribution in [0, 0.1) is 13.8 Å². The van der Waals surface area contributed by atoms with E-state index < -0.39 is 0 Å². The molecule has 0 spiro atoms. The molecule has 0 saturated carbocycles. The number of H-pyrrole nitrogens is 1. The molecule has 4 heteroatoms. The Balaban J connectivity index is 2.82. The van der Waals surface area contributed by atoms with Gasteiger partial charge in [0.25, 0.3) is 5.56 Å². The van der Waals surface area contributed by atoms with E-state index in [4.69, 9.17) is 4.74 Å². The molecule has 0 unspecified atom stereocenters. The number of aromatic amines is 1. The molecular formula is C16H20N2O2. The van der Waals surface area contributed by atoms with Crippen molar-refractivity contribution in [3.8, 4) is 17.0 Å². The van der Waals surface area contributed by atoms with Crippen molar-refractivity contribution in [2.45, 2.75) is 33.6 Å². The van der Waals surface area contributed by atoms with Crippen LogP contribution < -0.4 is 10.3 Å². The fourth-order valence-corrected chi connectivity index (χ4v) is 2.54. The zero-order valence-corrected chi connectivity index (χ0v) is 12.6. The molecular weight excluding hydrogens is 252 g/mol. The van der Waals surface area contributed by atoms with Crippen molar-refractivity contribution >= 4 is 0 Å². The smallest absolute Gasteiger partial charge is 0.254 e. The van der Waals surface area contributed by atoms with Gasteiger partial charge in [0.05, 0.1) is 19.1 Å². The zero-order valence-electron chi connectivity index (χ0n) is 12.6. The molecule has 20 heavy (non-hydrogen) atoms. The number of rotatable bonds is 3.